The van der Waals surface area contributed by atoms with Crippen molar-refractivity contribution in [3.05, 3.63) is 22.4 Å². The fraction of sp³-hybridized carbons (Fsp3) is 0.400. The molecule has 0 saturated heterocycles. The second-order valence-electron chi connectivity index (χ2n) is 3.29. The molecule has 0 aliphatic carbocycles. The number of nitrogens with one attached hydrogen (secondary N) is 1. The van der Waals surface area contributed by atoms with E-state index in [-0.39, 0.29) is 12.6 Å². The van der Waals surface area contributed by atoms with E-state index in [2.05, 4.69) is 21.2 Å². The van der Waals surface area contributed by atoms with E-state index in [0.717, 1.165) is 6.42 Å². The molecule has 0 amide bonds. The number of hydrogen-bond donors (Lipinski definition) is 3. The average molecular weight is 277 g/mol. The van der Waals surface area contributed by atoms with Crippen LogP contribution in [-0.2, 0) is 0 Å². The lowest BCUT2D eigenvalue weighted by atomic mass is 10.2. The molecule has 0 heterocycles. The minimum atomic E-state index is -0.393. The van der Waals surface area contributed by atoms with Gasteiger partial charge in [-0.3, -0.25) is 0 Å². The van der Waals surface area contributed by atoms with Gasteiger partial charge < -0.3 is 16.2 Å². The molecule has 84 valence electrons. The Labute approximate surface area is 96.6 Å². The van der Waals surface area contributed by atoms with Gasteiger partial charge in [-0.05, 0) is 28.4 Å². The zero-order chi connectivity index (χ0) is 11.4. The van der Waals surface area contributed by atoms with Gasteiger partial charge in [-0.1, -0.05) is 6.92 Å². The second kappa shape index (κ2) is 5.32. The van der Waals surface area contributed by atoms with Gasteiger partial charge in [-0.25, -0.2) is 4.39 Å². The van der Waals surface area contributed by atoms with Gasteiger partial charge in [0.1, 0.15) is 5.82 Å². The first-order valence-electron chi connectivity index (χ1n) is 4.70. The molecule has 1 aromatic rings. The van der Waals surface area contributed by atoms with Gasteiger partial charge in [-0.2, -0.15) is 0 Å². The Balaban J connectivity index is 2.89. The van der Waals surface area contributed by atoms with Crippen LogP contribution in [0.3, 0.4) is 0 Å². The molecule has 1 atom stereocenters. The number of anilines is 2. The van der Waals surface area contributed by atoms with E-state index in [4.69, 9.17) is 10.8 Å². The molecular formula is C10H14BrFN2O. The Morgan fingerprint density at radius 3 is 2.80 bits per heavy atom. The Morgan fingerprint density at radius 2 is 2.27 bits per heavy atom. The van der Waals surface area contributed by atoms with E-state index >= 15 is 0 Å². The number of aliphatic hydroxyl groups is 1. The van der Waals surface area contributed by atoms with Crippen LogP contribution in [0.15, 0.2) is 16.6 Å². The van der Waals surface area contributed by atoms with E-state index in [0.29, 0.717) is 15.8 Å². The third-order valence-corrected chi connectivity index (χ3v) is 2.77. The highest BCUT2D eigenvalue weighted by atomic mass is 79.9. The van der Waals surface area contributed by atoms with Crippen molar-refractivity contribution < 1.29 is 9.50 Å². The Hall–Kier alpha value is -0.810. The minimum Gasteiger partial charge on any atom is -0.397 e. The zero-order valence-electron chi connectivity index (χ0n) is 8.43. The van der Waals surface area contributed by atoms with Gasteiger partial charge in [0.05, 0.1) is 22.5 Å². The summed E-state index contributed by atoms with van der Waals surface area (Å²) >= 11 is 3.08. The lowest BCUT2D eigenvalue weighted by molar-refractivity contribution is 0.272. The molecule has 1 rings (SSSR count). The summed E-state index contributed by atoms with van der Waals surface area (Å²) in [5.41, 5.74) is 6.61. The maximum atomic E-state index is 13.1. The molecule has 0 aliphatic rings. The number of aliphatic hydroxyl groups excluding tert-OH is 1. The van der Waals surface area contributed by atoms with Crippen LogP contribution in [0.1, 0.15) is 13.3 Å². The van der Waals surface area contributed by atoms with E-state index in [1.165, 1.54) is 6.07 Å². The lowest BCUT2D eigenvalue weighted by Gasteiger charge is -2.17. The first-order chi connectivity index (χ1) is 7.08. The van der Waals surface area contributed by atoms with E-state index in [1.54, 1.807) is 6.07 Å². The summed E-state index contributed by atoms with van der Waals surface area (Å²) in [7, 11) is 0. The number of nitrogens with two attached hydrogens (primary N) is 1. The van der Waals surface area contributed by atoms with E-state index < -0.39 is 5.82 Å². The molecule has 1 aromatic carbocycles. The molecular weight excluding hydrogens is 263 g/mol. The smallest absolute Gasteiger partial charge is 0.139 e. The molecule has 3 nitrogen and oxygen atoms in total. The third kappa shape index (κ3) is 3.07. The molecule has 0 spiro atoms. The van der Waals surface area contributed by atoms with Crippen molar-refractivity contribution in [3.63, 3.8) is 0 Å². The molecule has 15 heavy (non-hydrogen) atoms. The maximum absolute atomic E-state index is 13.1. The van der Waals surface area contributed by atoms with Crippen LogP contribution in [0.5, 0.6) is 0 Å². The number of rotatable bonds is 4. The minimum absolute atomic E-state index is 0.0188. The van der Waals surface area contributed by atoms with Crippen molar-refractivity contribution in [1.82, 2.24) is 0 Å². The van der Waals surface area contributed by atoms with Gasteiger partial charge in [-0.15, -0.1) is 0 Å². The zero-order valence-corrected chi connectivity index (χ0v) is 10.0. The summed E-state index contributed by atoms with van der Waals surface area (Å²) in [6, 6.07) is 2.75. The summed E-state index contributed by atoms with van der Waals surface area (Å²) in [6.45, 7) is 1.97. The van der Waals surface area contributed by atoms with Crippen molar-refractivity contribution in [3.8, 4) is 0 Å². The number of halogens is 2. The van der Waals surface area contributed by atoms with Crippen LogP contribution in [0.25, 0.3) is 0 Å². The van der Waals surface area contributed by atoms with E-state index in [9.17, 15) is 4.39 Å². The Kier molecular flexibility index (Phi) is 4.35. The molecule has 4 N–H and O–H groups in total. The van der Waals surface area contributed by atoms with Crippen molar-refractivity contribution >= 4 is 27.3 Å². The van der Waals surface area contributed by atoms with Crippen molar-refractivity contribution in [2.75, 3.05) is 17.7 Å². The van der Waals surface area contributed by atoms with Crippen LogP contribution in [-0.4, -0.2) is 17.8 Å². The topological polar surface area (TPSA) is 58.3 Å². The molecule has 0 bridgehead atoms. The van der Waals surface area contributed by atoms with Crippen LogP contribution < -0.4 is 11.1 Å². The summed E-state index contributed by atoms with van der Waals surface area (Å²) in [5, 5.41) is 12.1. The highest BCUT2D eigenvalue weighted by Gasteiger charge is 2.09. The summed E-state index contributed by atoms with van der Waals surface area (Å²) in [5.74, 6) is -0.393. The standard InChI is InChI=1S/C10H14BrFN2O/c1-2-6(5-15)14-10-3-7(11)8(12)4-9(10)13/h3-4,6,14-15H,2,5,13H2,1H3. The predicted octanol–water partition coefficient (Wildman–Crippen LogP) is 2.35. The van der Waals surface area contributed by atoms with Crippen LogP contribution >= 0.6 is 15.9 Å². The first-order valence-corrected chi connectivity index (χ1v) is 5.49. The van der Waals surface area contributed by atoms with Gasteiger partial charge in [0.15, 0.2) is 0 Å². The van der Waals surface area contributed by atoms with Crippen molar-refractivity contribution in [1.29, 1.82) is 0 Å². The largest absolute Gasteiger partial charge is 0.397 e. The second-order valence-corrected chi connectivity index (χ2v) is 4.14. The fourth-order valence-corrected chi connectivity index (χ4v) is 1.53. The van der Waals surface area contributed by atoms with Crippen molar-refractivity contribution in [2.24, 2.45) is 0 Å². The van der Waals surface area contributed by atoms with E-state index in [1.807, 2.05) is 6.92 Å². The average Bonchev–Trinajstić information content (AvgIpc) is 2.21. The number of hydrogen-bond acceptors (Lipinski definition) is 3. The summed E-state index contributed by atoms with van der Waals surface area (Å²) < 4.78 is 13.4. The quantitative estimate of drug-likeness (QED) is 0.740. The maximum Gasteiger partial charge on any atom is 0.139 e. The van der Waals surface area contributed by atoms with Crippen molar-refractivity contribution in [2.45, 2.75) is 19.4 Å². The highest BCUT2D eigenvalue weighted by Crippen LogP contribution is 2.27. The number of benzene rings is 1. The van der Waals surface area contributed by atoms with Crippen LogP contribution in [0.4, 0.5) is 15.8 Å². The molecule has 5 heteroatoms. The van der Waals surface area contributed by atoms with Gasteiger partial charge in [0.2, 0.25) is 0 Å². The third-order valence-electron chi connectivity index (χ3n) is 2.17. The summed E-state index contributed by atoms with van der Waals surface area (Å²) in [4.78, 5) is 0. The molecule has 1 unspecified atom stereocenters. The van der Waals surface area contributed by atoms with Gasteiger partial charge >= 0.3 is 0 Å². The molecule has 0 fully saturated rings. The molecule has 0 saturated carbocycles. The normalized spacial score (nSPS) is 12.5. The number of nitrogen functional groups attached to an aromatic ring is 1. The highest BCUT2D eigenvalue weighted by molar-refractivity contribution is 9.10. The monoisotopic (exact) mass is 276 g/mol. The Morgan fingerprint density at radius 1 is 1.60 bits per heavy atom. The molecule has 0 aliphatic heterocycles. The molecule has 0 aromatic heterocycles. The SMILES string of the molecule is CCC(CO)Nc1cc(Br)c(F)cc1N. The van der Waals surface area contributed by atoms with Gasteiger partial charge in [0.25, 0.3) is 0 Å². The lowest BCUT2D eigenvalue weighted by Crippen LogP contribution is -2.23. The summed E-state index contributed by atoms with van der Waals surface area (Å²) in [6.07, 6.45) is 0.769. The Bertz CT molecular complexity index is 342. The first kappa shape index (κ1) is 12.3. The molecule has 0 radical (unpaired) electrons. The van der Waals surface area contributed by atoms with Crippen LogP contribution in [0.2, 0.25) is 0 Å². The fourth-order valence-electron chi connectivity index (χ4n) is 1.18. The van der Waals surface area contributed by atoms with Crippen LogP contribution in [0, 0.1) is 5.82 Å². The predicted molar refractivity (Wildman–Crippen MR) is 63.3 cm³/mol. The van der Waals surface area contributed by atoms with Gasteiger partial charge in [0, 0.05) is 12.1 Å².